The average Bonchev–Trinajstić information content (AvgIpc) is 2.26. The molecule has 0 spiro atoms. The van der Waals surface area contributed by atoms with Crippen molar-refractivity contribution in [2.45, 2.75) is 53.1 Å². The predicted molar refractivity (Wildman–Crippen MR) is 75.0 cm³/mol. The summed E-state index contributed by atoms with van der Waals surface area (Å²) in [5, 5.41) is 0.195. The topological polar surface area (TPSA) is 52.1 Å². The Bertz CT molecular complexity index is 457. The van der Waals surface area contributed by atoms with Gasteiger partial charge in [0.25, 0.3) is 0 Å². The number of hydrogen-bond acceptors (Lipinski definition) is 4. The molecule has 1 aromatic rings. The van der Waals surface area contributed by atoms with Crippen LogP contribution in [0.25, 0.3) is 0 Å². The number of aromatic nitrogens is 2. The zero-order chi connectivity index (χ0) is 14.7. The van der Waals surface area contributed by atoms with Gasteiger partial charge in [0.1, 0.15) is 5.60 Å². The highest BCUT2D eigenvalue weighted by Crippen LogP contribution is 2.29. The van der Waals surface area contributed by atoms with E-state index in [0.29, 0.717) is 12.8 Å². The smallest absolute Gasteiger partial charge is 0.312 e. The maximum Gasteiger partial charge on any atom is 0.312 e. The van der Waals surface area contributed by atoms with Crippen molar-refractivity contribution in [1.29, 1.82) is 0 Å². The van der Waals surface area contributed by atoms with Crippen molar-refractivity contribution in [1.82, 2.24) is 9.97 Å². The van der Waals surface area contributed by atoms with Crippen LogP contribution in [0.4, 0.5) is 0 Å². The van der Waals surface area contributed by atoms with Gasteiger partial charge in [0.2, 0.25) is 5.28 Å². The second kappa shape index (κ2) is 5.87. The van der Waals surface area contributed by atoms with Gasteiger partial charge in [-0.2, -0.15) is 0 Å². The summed E-state index contributed by atoms with van der Waals surface area (Å²) < 4.78 is 5.48. The van der Waals surface area contributed by atoms with Gasteiger partial charge in [-0.25, -0.2) is 9.97 Å². The van der Waals surface area contributed by atoms with Crippen molar-refractivity contribution in [3.63, 3.8) is 0 Å². The van der Waals surface area contributed by atoms with Gasteiger partial charge in [-0.05, 0) is 51.8 Å². The summed E-state index contributed by atoms with van der Waals surface area (Å²) in [4.78, 5) is 20.3. The quantitative estimate of drug-likeness (QED) is 0.628. The van der Waals surface area contributed by atoms with Gasteiger partial charge >= 0.3 is 5.97 Å². The molecule has 19 heavy (non-hydrogen) atoms. The Hall–Kier alpha value is -1.16. The molecule has 4 nitrogen and oxygen atoms in total. The molecule has 5 heteroatoms. The molecule has 0 saturated heterocycles. The maximum atomic E-state index is 12.3. The van der Waals surface area contributed by atoms with E-state index in [4.69, 9.17) is 16.3 Å². The van der Waals surface area contributed by atoms with Crippen LogP contribution in [-0.2, 0) is 16.0 Å². The van der Waals surface area contributed by atoms with Crippen LogP contribution in [-0.4, -0.2) is 21.5 Å². The molecule has 0 unspecified atom stereocenters. The van der Waals surface area contributed by atoms with Crippen LogP contribution in [0.3, 0.4) is 0 Å². The molecule has 106 valence electrons. The number of halogens is 1. The highest BCUT2D eigenvalue weighted by Gasteiger charge is 2.36. The number of rotatable bonds is 4. The van der Waals surface area contributed by atoms with E-state index in [0.717, 1.165) is 5.69 Å². The molecular formula is C14H21ClN2O2. The van der Waals surface area contributed by atoms with E-state index in [-0.39, 0.29) is 11.3 Å². The van der Waals surface area contributed by atoms with Crippen molar-refractivity contribution < 1.29 is 9.53 Å². The molecule has 1 aromatic heterocycles. The predicted octanol–water partition coefficient (Wildman–Crippen LogP) is 3.43. The molecule has 0 aliphatic rings. The molecule has 0 N–H and O–H groups in total. The van der Waals surface area contributed by atoms with Crippen LogP contribution < -0.4 is 0 Å². The summed E-state index contributed by atoms with van der Waals surface area (Å²) in [5.41, 5.74) is -0.350. The zero-order valence-corrected chi connectivity index (χ0v) is 12.9. The summed E-state index contributed by atoms with van der Waals surface area (Å²) >= 11 is 5.76. The van der Waals surface area contributed by atoms with E-state index in [1.54, 1.807) is 12.3 Å². The van der Waals surface area contributed by atoms with Crippen LogP contribution in [0, 0.1) is 5.41 Å². The number of nitrogens with zero attached hydrogens (tertiary/aromatic N) is 2. The lowest BCUT2D eigenvalue weighted by molar-refractivity contribution is -0.166. The SMILES string of the molecule is CC[C@@](C)(Cc1ccnc(Cl)n1)C(=O)OC(C)(C)C. The van der Waals surface area contributed by atoms with Gasteiger partial charge in [0, 0.05) is 18.3 Å². The van der Waals surface area contributed by atoms with Crippen LogP contribution >= 0.6 is 11.6 Å². The fraction of sp³-hybridized carbons (Fsp3) is 0.643. The second-order valence-electron chi connectivity index (χ2n) is 5.91. The molecule has 0 aliphatic carbocycles. The van der Waals surface area contributed by atoms with Crippen molar-refractivity contribution in [2.24, 2.45) is 5.41 Å². The Morgan fingerprint density at radius 2 is 2.00 bits per heavy atom. The number of hydrogen-bond donors (Lipinski definition) is 0. The van der Waals surface area contributed by atoms with Crippen LogP contribution in [0.1, 0.15) is 46.7 Å². The maximum absolute atomic E-state index is 12.3. The van der Waals surface area contributed by atoms with E-state index < -0.39 is 11.0 Å². The molecule has 0 saturated carbocycles. The van der Waals surface area contributed by atoms with Gasteiger partial charge in [0.05, 0.1) is 5.41 Å². The van der Waals surface area contributed by atoms with E-state index in [9.17, 15) is 4.79 Å². The summed E-state index contributed by atoms with van der Waals surface area (Å²) in [6, 6.07) is 1.77. The largest absolute Gasteiger partial charge is 0.460 e. The fourth-order valence-electron chi connectivity index (χ4n) is 1.61. The molecule has 0 aliphatic heterocycles. The van der Waals surface area contributed by atoms with Crippen molar-refractivity contribution in [3.05, 3.63) is 23.2 Å². The second-order valence-corrected chi connectivity index (χ2v) is 6.25. The van der Waals surface area contributed by atoms with E-state index >= 15 is 0 Å². The van der Waals surface area contributed by atoms with Crippen LogP contribution in [0.5, 0.6) is 0 Å². The first kappa shape index (κ1) is 15.9. The monoisotopic (exact) mass is 284 g/mol. The lowest BCUT2D eigenvalue weighted by atomic mass is 9.82. The minimum atomic E-state index is -0.606. The minimum absolute atomic E-state index is 0.195. The zero-order valence-electron chi connectivity index (χ0n) is 12.2. The standard InChI is InChI=1S/C14H21ClN2O2/c1-6-14(5,11(18)19-13(2,3)4)9-10-7-8-16-12(15)17-10/h7-8H,6,9H2,1-5H3/t14-/m0/s1. The normalized spacial score (nSPS) is 14.8. The molecule has 0 bridgehead atoms. The summed E-state index contributed by atoms with van der Waals surface area (Å²) in [5.74, 6) is -0.211. The molecule has 0 radical (unpaired) electrons. The van der Waals surface area contributed by atoms with E-state index in [2.05, 4.69) is 9.97 Å². The summed E-state index contributed by atoms with van der Waals surface area (Å²) in [7, 11) is 0. The minimum Gasteiger partial charge on any atom is -0.460 e. The average molecular weight is 285 g/mol. The third kappa shape index (κ3) is 4.78. The van der Waals surface area contributed by atoms with Gasteiger partial charge in [-0.15, -0.1) is 0 Å². The third-order valence-corrected chi connectivity index (χ3v) is 3.11. The molecule has 0 fully saturated rings. The van der Waals surface area contributed by atoms with Gasteiger partial charge < -0.3 is 4.74 Å². The third-order valence-electron chi connectivity index (χ3n) is 2.93. The van der Waals surface area contributed by atoms with Crippen molar-refractivity contribution in [3.8, 4) is 0 Å². The molecular weight excluding hydrogens is 264 g/mol. The Morgan fingerprint density at radius 1 is 1.37 bits per heavy atom. The summed E-state index contributed by atoms with van der Waals surface area (Å²) in [6.45, 7) is 9.44. The van der Waals surface area contributed by atoms with Gasteiger partial charge in [-0.1, -0.05) is 6.92 Å². The Balaban J connectivity index is 2.89. The van der Waals surface area contributed by atoms with Crippen LogP contribution in [0.2, 0.25) is 5.28 Å². The Morgan fingerprint density at radius 3 is 2.47 bits per heavy atom. The molecule has 0 aromatic carbocycles. The van der Waals surface area contributed by atoms with Crippen LogP contribution in [0.15, 0.2) is 12.3 Å². The summed E-state index contributed by atoms with van der Waals surface area (Å²) in [6.07, 6.45) is 2.75. The number of carbonyl (C=O) groups is 1. The van der Waals surface area contributed by atoms with Crippen molar-refractivity contribution in [2.75, 3.05) is 0 Å². The highest BCUT2D eigenvalue weighted by molar-refractivity contribution is 6.28. The number of ether oxygens (including phenoxy) is 1. The lowest BCUT2D eigenvalue weighted by Gasteiger charge is -2.30. The van der Waals surface area contributed by atoms with Crippen molar-refractivity contribution >= 4 is 17.6 Å². The van der Waals surface area contributed by atoms with E-state index in [1.807, 2.05) is 34.6 Å². The van der Waals surface area contributed by atoms with E-state index in [1.165, 1.54) is 0 Å². The fourth-order valence-corrected chi connectivity index (χ4v) is 1.78. The molecule has 0 amide bonds. The van der Waals surface area contributed by atoms with Gasteiger partial charge in [0.15, 0.2) is 0 Å². The number of esters is 1. The number of carbonyl (C=O) groups excluding carboxylic acids is 1. The molecule has 1 heterocycles. The Labute approximate surface area is 119 Å². The first-order valence-electron chi connectivity index (χ1n) is 6.37. The molecule has 1 rings (SSSR count). The highest BCUT2D eigenvalue weighted by atomic mass is 35.5. The first-order chi connectivity index (χ1) is 8.66. The molecule has 1 atom stereocenters. The first-order valence-corrected chi connectivity index (χ1v) is 6.75. The lowest BCUT2D eigenvalue weighted by Crippen LogP contribution is -2.37. The Kier molecular flexibility index (Phi) is 4.91. The van der Waals surface area contributed by atoms with Gasteiger partial charge in [-0.3, -0.25) is 4.79 Å².